The molecule has 0 bridgehead atoms. The summed E-state index contributed by atoms with van der Waals surface area (Å²) in [6.07, 6.45) is 1.42. The quantitative estimate of drug-likeness (QED) is 0.770. The topological polar surface area (TPSA) is 56.3 Å². The molecular formula is C9H7NO3S2. The van der Waals surface area contributed by atoms with Crippen molar-refractivity contribution in [3.05, 3.63) is 41.9 Å². The molecule has 0 aliphatic carbocycles. The molecule has 0 aliphatic heterocycles. The SMILES string of the molecule is O=S(=O)(Oc1ccccc1)c1nccs1. The molecule has 0 saturated carbocycles. The van der Waals surface area contributed by atoms with Gasteiger partial charge in [0.15, 0.2) is 0 Å². The van der Waals surface area contributed by atoms with Crippen molar-refractivity contribution in [2.24, 2.45) is 0 Å². The molecule has 0 N–H and O–H groups in total. The summed E-state index contributed by atoms with van der Waals surface area (Å²) in [5.41, 5.74) is 0. The van der Waals surface area contributed by atoms with Gasteiger partial charge in [-0.15, -0.1) is 11.3 Å². The van der Waals surface area contributed by atoms with E-state index in [0.29, 0.717) is 0 Å². The fraction of sp³-hybridized carbons (Fsp3) is 0. The number of hydrogen-bond acceptors (Lipinski definition) is 5. The van der Waals surface area contributed by atoms with Crippen molar-refractivity contribution >= 4 is 21.5 Å². The Labute approximate surface area is 91.3 Å². The van der Waals surface area contributed by atoms with Gasteiger partial charge in [0.25, 0.3) is 0 Å². The standard InChI is InChI=1S/C9H7NO3S2/c11-15(12,9-10-6-7-14-9)13-8-4-2-1-3-5-8/h1-7H. The fourth-order valence-electron chi connectivity index (χ4n) is 0.972. The van der Waals surface area contributed by atoms with Crippen LogP contribution in [0.2, 0.25) is 0 Å². The number of hydrogen-bond donors (Lipinski definition) is 0. The minimum atomic E-state index is -3.76. The average Bonchev–Trinajstić information content (AvgIpc) is 2.71. The van der Waals surface area contributed by atoms with E-state index in [-0.39, 0.29) is 10.1 Å². The van der Waals surface area contributed by atoms with Crippen LogP contribution in [-0.4, -0.2) is 13.4 Å². The highest BCUT2D eigenvalue weighted by atomic mass is 32.3. The lowest BCUT2D eigenvalue weighted by molar-refractivity contribution is 0.485. The monoisotopic (exact) mass is 241 g/mol. The van der Waals surface area contributed by atoms with Crippen molar-refractivity contribution in [1.82, 2.24) is 4.98 Å². The summed E-state index contributed by atoms with van der Waals surface area (Å²) in [7, 11) is -3.76. The summed E-state index contributed by atoms with van der Waals surface area (Å²) in [5.74, 6) is 0.285. The second-order valence-corrected chi connectivity index (χ2v) is 5.26. The second kappa shape index (κ2) is 4.00. The Kier molecular flexibility index (Phi) is 2.70. The molecule has 1 aromatic heterocycles. The van der Waals surface area contributed by atoms with Crippen molar-refractivity contribution in [2.45, 2.75) is 4.34 Å². The first-order chi connectivity index (χ1) is 7.18. The first-order valence-corrected chi connectivity index (χ1v) is 6.36. The number of nitrogens with zero attached hydrogens (tertiary/aromatic N) is 1. The lowest BCUT2D eigenvalue weighted by atomic mass is 10.3. The average molecular weight is 241 g/mol. The van der Waals surface area contributed by atoms with E-state index in [1.165, 1.54) is 6.20 Å². The highest BCUT2D eigenvalue weighted by molar-refractivity contribution is 7.89. The van der Waals surface area contributed by atoms with Crippen LogP contribution in [0.5, 0.6) is 5.75 Å². The van der Waals surface area contributed by atoms with E-state index in [1.54, 1.807) is 35.7 Å². The van der Waals surface area contributed by atoms with Crippen LogP contribution in [-0.2, 0) is 10.1 Å². The van der Waals surface area contributed by atoms with Gasteiger partial charge in [0, 0.05) is 11.6 Å². The number of para-hydroxylation sites is 1. The van der Waals surface area contributed by atoms with Crippen molar-refractivity contribution < 1.29 is 12.6 Å². The van der Waals surface area contributed by atoms with E-state index >= 15 is 0 Å². The van der Waals surface area contributed by atoms with E-state index in [1.807, 2.05) is 0 Å². The van der Waals surface area contributed by atoms with Gasteiger partial charge in [0.1, 0.15) is 5.75 Å². The van der Waals surface area contributed by atoms with Crippen LogP contribution in [0.4, 0.5) is 0 Å². The maximum Gasteiger partial charge on any atom is 0.366 e. The van der Waals surface area contributed by atoms with Gasteiger partial charge < -0.3 is 4.18 Å². The highest BCUT2D eigenvalue weighted by Gasteiger charge is 2.19. The van der Waals surface area contributed by atoms with Gasteiger partial charge in [0.2, 0.25) is 4.34 Å². The van der Waals surface area contributed by atoms with Gasteiger partial charge in [-0.2, -0.15) is 8.42 Å². The third-order valence-corrected chi connectivity index (χ3v) is 3.98. The predicted octanol–water partition coefficient (Wildman–Crippen LogP) is 1.91. The molecule has 0 fully saturated rings. The third kappa shape index (κ3) is 2.34. The number of thiazole rings is 1. The van der Waals surface area contributed by atoms with E-state index < -0.39 is 10.1 Å². The van der Waals surface area contributed by atoms with Gasteiger partial charge in [-0.25, -0.2) is 4.98 Å². The summed E-state index contributed by atoms with van der Waals surface area (Å²) in [5, 5.41) is 1.58. The Morgan fingerprint density at radius 2 is 1.93 bits per heavy atom. The maximum atomic E-state index is 11.6. The Hall–Kier alpha value is -1.40. The van der Waals surface area contributed by atoms with Gasteiger partial charge >= 0.3 is 10.1 Å². The zero-order valence-corrected chi connectivity index (χ0v) is 9.16. The van der Waals surface area contributed by atoms with Crippen molar-refractivity contribution in [3.63, 3.8) is 0 Å². The first-order valence-electron chi connectivity index (χ1n) is 4.07. The molecule has 1 heterocycles. The summed E-state index contributed by atoms with van der Waals surface area (Å²) < 4.78 is 28.0. The third-order valence-electron chi connectivity index (χ3n) is 1.57. The molecule has 0 radical (unpaired) electrons. The van der Waals surface area contributed by atoms with Gasteiger partial charge in [-0.3, -0.25) is 0 Å². The Bertz CT molecular complexity index is 520. The molecule has 6 heteroatoms. The van der Waals surface area contributed by atoms with Gasteiger partial charge in [0.05, 0.1) is 0 Å². The summed E-state index contributed by atoms with van der Waals surface area (Å²) in [6.45, 7) is 0. The molecule has 0 aliphatic rings. The van der Waals surface area contributed by atoms with Gasteiger partial charge in [-0.1, -0.05) is 18.2 Å². The molecule has 0 atom stereocenters. The zero-order valence-electron chi connectivity index (χ0n) is 7.53. The first kappa shape index (κ1) is 10.1. The van der Waals surface area contributed by atoms with Crippen LogP contribution in [0.1, 0.15) is 0 Å². The molecule has 0 amide bonds. The molecule has 4 nitrogen and oxygen atoms in total. The van der Waals surface area contributed by atoms with Crippen LogP contribution >= 0.6 is 11.3 Å². The van der Waals surface area contributed by atoms with Crippen LogP contribution in [0, 0.1) is 0 Å². The normalized spacial score (nSPS) is 11.2. The molecule has 0 saturated heterocycles. The Morgan fingerprint density at radius 1 is 1.20 bits per heavy atom. The number of rotatable bonds is 3. The van der Waals surface area contributed by atoms with Crippen molar-refractivity contribution in [3.8, 4) is 5.75 Å². The summed E-state index contributed by atoms with van der Waals surface area (Å²) in [4.78, 5) is 3.69. The molecule has 0 spiro atoms. The summed E-state index contributed by atoms with van der Waals surface area (Å²) in [6, 6.07) is 8.33. The lowest BCUT2D eigenvalue weighted by Gasteiger charge is -2.02. The zero-order chi connectivity index (χ0) is 10.7. The largest absolute Gasteiger partial charge is 0.377 e. The van der Waals surface area contributed by atoms with Crippen LogP contribution in [0.3, 0.4) is 0 Å². The minimum absolute atomic E-state index is 0.0358. The lowest BCUT2D eigenvalue weighted by Crippen LogP contribution is -2.08. The van der Waals surface area contributed by atoms with E-state index in [0.717, 1.165) is 11.3 Å². The number of benzene rings is 1. The highest BCUT2D eigenvalue weighted by Crippen LogP contribution is 2.19. The number of aromatic nitrogens is 1. The van der Waals surface area contributed by atoms with Crippen molar-refractivity contribution in [2.75, 3.05) is 0 Å². The predicted molar refractivity (Wildman–Crippen MR) is 56.4 cm³/mol. The smallest absolute Gasteiger partial charge is 0.366 e. The van der Waals surface area contributed by atoms with E-state index in [4.69, 9.17) is 4.18 Å². The van der Waals surface area contributed by atoms with E-state index in [2.05, 4.69) is 4.98 Å². The van der Waals surface area contributed by atoms with Crippen LogP contribution in [0.15, 0.2) is 46.2 Å². The Balaban J connectivity index is 2.27. The fourth-order valence-corrected chi connectivity index (χ4v) is 2.70. The molecule has 2 rings (SSSR count). The molecular weight excluding hydrogens is 234 g/mol. The minimum Gasteiger partial charge on any atom is -0.377 e. The van der Waals surface area contributed by atoms with Crippen molar-refractivity contribution in [1.29, 1.82) is 0 Å². The molecule has 2 aromatic rings. The molecule has 78 valence electrons. The summed E-state index contributed by atoms with van der Waals surface area (Å²) >= 11 is 1.03. The molecule has 1 aromatic carbocycles. The Morgan fingerprint density at radius 3 is 2.53 bits per heavy atom. The second-order valence-electron chi connectivity index (χ2n) is 2.65. The van der Waals surface area contributed by atoms with E-state index in [9.17, 15) is 8.42 Å². The van der Waals surface area contributed by atoms with Gasteiger partial charge in [-0.05, 0) is 12.1 Å². The van der Waals surface area contributed by atoms with Crippen LogP contribution in [0.25, 0.3) is 0 Å². The molecule has 0 unspecified atom stereocenters. The molecule has 15 heavy (non-hydrogen) atoms. The maximum absolute atomic E-state index is 11.6. The van der Waals surface area contributed by atoms with Crippen LogP contribution < -0.4 is 4.18 Å².